The number of nitrogens with one attached hydrogen (secondary N) is 1. The van der Waals surface area contributed by atoms with Crippen LogP contribution in [-0.2, 0) is 11.2 Å². The van der Waals surface area contributed by atoms with Crippen LogP contribution >= 0.6 is 0 Å². The first-order chi connectivity index (χ1) is 11.3. The Hall–Kier alpha value is -1.40. The largest absolute Gasteiger partial charge is 0.396 e. The molecular weight excluding hydrogens is 292 g/mol. The van der Waals surface area contributed by atoms with Gasteiger partial charge in [-0.25, -0.2) is 0 Å². The summed E-state index contributed by atoms with van der Waals surface area (Å²) in [5, 5.41) is 20.0. The number of piperidine rings is 1. The quantitative estimate of drug-likeness (QED) is 0.731. The van der Waals surface area contributed by atoms with Gasteiger partial charge in [-0.3, -0.25) is 4.90 Å². The van der Waals surface area contributed by atoms with Crippen LogP contribution in [0, 0.1) is 5.92 Å². The number of hydrogen-bond acceptors (Lipinski definition) is 4. The molecule has 2 heterocycles. The average Bonchev–Trinajstić information content (AvgIpc) is 3.00. The van der Waals surface area contributed by atoms with Crippen molar-refractivity contribution in [3.05, 3.63) is 35.5 Å². The number of aromatic nitrogens is 1. The molecule has 1 aliphatic carbocycles. The molecule has 3 atom stereocenters. The first-order valence-corrected chi connectivity index (χ1v) is 8.44. The second-order valence-electron chi connectivity index (χ2n) is 6.78. The van der Waals surface area contributed by atoms with Crippen molar-refractivity contribution in [3.63, 3.8) is 0 Å². The predicted octanol–water partition coefficient (Wildman–Crippen LogP) is 1.46. The third-order valence-corrected chi connectivity index (χ3v) is 5.41. The zero-order valence-corrected chi connectivity index (χ0v) is 13.2. The second kappa shape index (κ2) is 6.24. The van der Waals surface area contributed by atoms with Crippen LogP contribution in [0.3, 0.4) is 0 Å². The molecule has 1 saturated heterocycles. The van der Waals surface area contributed by atoms with E-state index in [0.717, 1.165) is 19.4 Å². The van der Waals surface area contributed by atoms with Crippen LogP contribution in [0.2, 0.25) is 0 Å². The van der Waals surface area contributed by atoms with Gasteiger partial charge in [0.2, 0.25) is 0 Å². The minimum atomic E-state index is 0.0482. The van der Waals surface area contributed by atoms with Crippen molar-refractivity contribution in [2.75, 3.05) is 33.1 Å². The molecule has 2 aliphatic rings. The number of hydrogen-bond donors (Lipinski definition) is 3. The molecule has 5 nitrogen and oxygen atoms in total. The minimum Gasteiger partial charge on any atom is -0.396 e. The molecule has 0 bridgehead atoms. The lowest BCUT2D eigenvalue weighted by Crippen LogP contribution is -2.51. The lowest BCUT2D eigenvalue weighted by atomic mass is 9.72. The van der Waals surface area contributed by atoms with Gasteiger partial charge < -0.3 is 19.9 Å². The fraction of sp³-hybridized carbons (Fsp3) is 0.556. The first-order valence-electron chi connectivity index (χ1n) is 8.44. The Kier molecular flexibility index (Phi) is 4.11. The number of aromatic amines is 1. The molecule has 2 aromatic rings. The third-order valence-electron chi connectivity index (χ3n) is 5.41. The average molecular weight is 316 g/mol. The van der Waals surface area contributed by atoms with Gasteiger partial charge in [0.1, 0.15) is 0 Å². The molecule has 0 amide bonds. The van der Waals surface area contributed by atoms with Crippen molar-refractivity contribution in [2.24, 2.45) is 5.92 Å². The van der Waals surface area contributed by atoms with E-state index in [9.17, 15) is 5.11 Å². The summed E-state index contributed by atoms with van der Waals surface area (Å²) in [6, 6.07) is 6.90. The number of rotatable bonds is 5. The van der Waals surface area contributed by atoms with Gasteiger partial charge in [-0.1, -0.05) is 12.1 Å². The Morgan fingerprint density at radius 3 is 3.04 bits per heavy atom. The van der Waals surface area contributed by atoms with Gasteiger partial charge in [0.25, 0.3) is 0 Å². The van der Waals surface area contributed by atoms with Crippen LogP contribution in [0.25, 0.3) is 10.9 Å². The van der Waals surface area contributed by atoms with E-state index in [1.54, 1.807) is 0 Å². The topological polar surface area (TPSA) is 68.7 Å². The summed E-state index contributed by atoms with van der Waals surface area (Å²) < 4.78 is 5.59. The van der Waals surface area contributed by atoms with Crippen LogP contribution in [0.4, 0.5) is 0 Å². The van der Waals surface area contributed by atoms with Crippen LogP contribution in [0.5, 0.6) is 0 Å². The van der Waals surface area contributed by atoms with Crippen molar-refractivity contribution >= 4 is 10.9 Å². The summed E-state index contributed by atoms with van der Waals surface area (Å²) in [6.45, 7) is 2.01. The van der Waals surface area contributed by atoms with E-state index in [1.165, 1.54) is 22.0 Å². The van der Waals surface area contributed by atoms with E-state index in [-0.39, 0.29) is 19.1 Å². The molecular formula is C18H24N2O3. The van der Waals surface area contributed by atoms with E-state index in [4.69, 9.17) is 9.84 Å². The summed E-state index contributed by atoms with van der Waals surface area (Å²) in [4.78, 5) is 5.74. The monoisotopic (exact) mass is 316 g/mol. The van der Waals surface area contributed by atoms with E-state index in [0.29, 0.717) is 25.3 Å². The molecule has 5 heteroatoms. The number of aliphatic hydroxyl groups is 2. The third kappa shape index (κ3) is 2.58. The van der Waals surface area contributed by atoms with E-state index < -0.39 is 0 Å². The lowest BCUT2D eigenvalue weighted by Gasteiger charge is -2.46. The number of benzene rings is 1. The highest BCUT2D eigenvalue weighted by molar-refractivity contribution is 5.88. The Balaban J connectivity index is 1.67. The van der Waals surface area contributed by atoms with Crippen molar-refractivity contribution in [1.82, 2.24) is 9.88 Å². The Labute approximate surface area is 135 Å². The zero-order valence-electron chi connectivity index (χ0n) is 13.2. The van der Waals surface area contributed by atoms with Crippen molar-refractivity contribution < 1.29 is 14.9 Å². The molecule has 3 N–H and O–H groups in total. The maximum atomic E-state index is 9.71. The van der Waals surface area contributed by atoms with Gasteiger partial charge in [-0.15, -0.1) is 0 Å². The second-order valence-corrected chi connectivity index (χ2v) is 6.78. The smallest absolute Gasteiger partial charge is 0.0994 e. The fourth-order valence-electron chi connectivity index (χ4n) is 4.43. The number of nitrogens with zero attached hydrogens (tertiary/aromatic N) is 1. The Morgan fingerprint density at radius 2 is 2.22 bits per heavy atom. The molecule has 124 valence electrons. The molecule has 1 unspecified atom stereocenters. The standard InChI is InChI=1S/C18H24N2O3/c21-4-5-23-11-20-9-12(10-22)6-15-14-2-1-3-16-18(14)13(8-19-16)7-17(15)20/h1-3,8,12,15,17,19,21-22H,4-7,9-11H2/t12-,15?,17+/m0/s1. The SMILES string of the molecule is OCCOCN1C[C@@H](CO)CC2c3cccc4[nH]cc(c34)C[C@H]21. The maximum absolute atomic E-state index is 9.71. The molecule has 1 fully saturated rings. The van der Waals surface area contributed by atoms with Crippen LogP contribution < -0.4 is 0 Å². The summed E-state index contributed by atoms with van der Waals surface area (Å²) in [7, 11) is 0. The highest BCUT2D eigenvalue weighted by Crippen LogP contribution is 2.44. The van der Waals surface area contributed by atoms with Crippen molar-refractivity contribution in [1.29, 1.82) is 0 Å². The Bertz CT molecular complexity index is 684. The molecule has 1 aromatic carbocycles. The highest BCUT2D eigenvalue weighted by atomic mass is 16.5. The van der Waals surface area contributed by atoms with E-state index in [2.05, 4.69) is 34.3 Å². The normalized spacial score (nSPS) is 27.3. The van der Waals surface area contributed by atoms with Gasteiger partial charge >= 0.3 is 0 Å². The van der Waals surface area contributed by atoms with Crippen molar-refractivity contribution in [3.8, 4) is 0 Å². The zero-order chi connectivity index (χ0) is 15.8. The Morgan fingerprint density at radius 1 is 1.30 bits per heavy atom. The van der Waals surface area contributed by atoms with Gasteiger partial charge in [0, 0.05) is 42.2 Å². The molecule has 1 aliphatic heterocycles. The number of likely N-dealkylation sites (tertiary alicyclic amines) is 1. The molecule has 0 spiro atoms. The lowest BCUT2D eigenvalue weighted by molar-refractivity contribution is -0.0461. The van der Waals surface area contributed by atoms with Crippen LogP contribution in [-0.4, -0.2) is 59.2 Å². The number of H-pyrrole nitrogens is 1. The van der Waals surface area contributed by atoms with E-state index >= 15 is 0 Å². The van der Waals surface area contributed by atoms with Crippen molar-refractivity contribution in [2.45, 2.75) is 24.8 Å². The molecule has 0 radical (unpaired) electrons. The minimum absolute atomic E-state index is 0.0482. The molecule has 1 aromatic heterocycles. The van der Waals surface area contributed by atoms with Gasteiger partial charge in [0.15, 0.2) is 0 Å². The van der Waals surface area contributed by atoms with Gasteiger partial charge in [-0.2, -0.15) is 0 Å². The molecule has 23 heavy (non-hydrogen) atoms. The van der Waals surface area contributed by atoms with Crippen LogP contribution in [0.15, 0.2) is 24.4 Å². The van der Waals surface area contributed by atoms with Gasteiger partial charge in [-0.05, 0) is 36.0 Å². The summed E-state index contributed by atoms with van der Waals surface area (Å²) in [5.41, 5.74) is 4.00. The summed E-state index contributed by atoms with van der Waals surface area (Å²) in [6.07, 6.45) is 4.18. The maximum Gasteiger partial charge on any atom is 0.0994 e. The number of fused-ring (bicyclic) bond motifs is 2. The summed E-state index contributed by atoms with van der Waals surface area (Å²) in [5.74, 6) is 0.718. The number of aliphatic hydroxyl groups excluding tert-OH is 2. The molecule has 0 saturated carbocycles. The predicted molar refractivity (Wildman–Crippen MR) is 88.3 cm³/mol. The highest BCUT2D eigenvalue weighted by Gasteiger charge is 2.40. The fourth-order valence-corrected chi connectivity index (χ4v) is 4.43. The summed E-state index contributed by atoms with van der Waals surface area (Å²) >= 11 is 0. The molecule has 4 rings (SSSR count). The van der Waals surface area contributed by atoms with E-state index in [1.807, 2.05) is 0 Å². The van der Waals surface area contributed by atoms with Crippen LogP contribution in [0.1, 0.15) is 23.5 Å². The first kappa shape index (κ1) is 15.1. The number of ether oxygens (including phenoxy) is 1. The van der Waals surface area contributed by atoms with Gasteiger partial charge in [0.05, 0.1) is 19.9 Å².